The van der Waals surface area contributed by atoms with E-state index < -0.39 is 0 Å². The molecule has 0 bridgehead atoms. The summed E-state index contributed by atoms with van der Waals surface area (Å²) >= 11 is 0. The Morgan fingerprint density at radius 3 is 2.47 bits per heavy atom. The molecule has 0 saturated heterocycles. The molecule has 1 aromatic rings. The maximum atomic E-state index is 12.3. The van der Waals surface area contributed by atoms with Crippen molar-refractivity contribution in [3.63, 3.8) is 0 Å². The number of benzene rings is 1. The fraction of sp³-hybridized carbons (Fsp3) is 0.533. The summed E-state index contributed by atoms with van der Waals surface area (Å²) in [5, 5.41) is 3.07. The molecule has 19 heavy (non-hydrogen) atoms. The van der Waals surface area contributed by atoms with Gasteiger partial charge in [-0.05, 0) is 44.2 Å². The van der Waals surface area contributed by atoms with Gasteiger partial charge in [-0.15, -0.1) is 12.4 Å². The highest BCUT2D eigenvalue weighted by molar-refractivity contribution is 5.94. The van der Waals surface area contributed by atoms with Crippen LogP contribution in [0.5, 0.6) is 0 Å². The Balaban J connectivity index is 0.00000180. The second-order valence-electron chi connectivity index (χ2n) is 5.38. The molecular weight excluding hydrogens is 260 g/mol. The molecule has 2 rings (SSSR count). The van der Waals surface area contributed by atoms with E-state index in [0.29, 0.717) is 0 Å². The van der Waals surface area contributed by atoms with Crippen LogP contribution in [0.1, 0.15) is 36.8 Å². The van der Waals surface area contributed by atoms with Crippen LogP contribution in [0.15, 0.2) is 18.2 Å². The lowest BCUT2D eigenvalue weighted by Gasteiger charge is -2.26. The number of para-hydroxylation sites is 1. The molecule has 1 fully saturated rings. The Kier molecular flexibility index (Phi) is 5.83. The van der Waals surface area contributed by atoms with Crippen molar-refractivity contribution in [1.29, 1.82) is 0 Å². The zero-order chi connectivity index (χ0) is 13.1. The third-order valence-corrected chi connectivity index (χ3v) is 3.81. The number of halogens is 1. The Morgan fingerprint density at radius 1 is 1.26 bits per heavy atom. The SMILES string of the molecule is Cc1cccc(C)c1NC(=O)C1CCCC(N)C1.Cl. The van der Waals surface area contributed by atoms with Crippen LogP contribution in [0.3, 0.4) is 0 Å². The van der Waals surface area contributed by atoms with Crippen LogP contribution in [0, 0.1) is 19.8 Å². The van der Waals surface area contributed by atoms with Gasteiger partial charge in [0, 0.05) is 17.6 Å². The lowest BCUT2D eigenvalue weighted by molar-refractivity contribution is -0.120. The normalized spacial score (nSPS) is 22.5. The highest BCUT2D eigenvalue weighted by Crippen LogP contribution is 2.26. The second kappa shape index (κ2) is 6.92. The van der Waals surface area contributed by atoms with Gasteiger partial charge >= 0.3 is 0 Å². The summed E-state index contributed by atoms with van der Waals surface area (Å²) in [5.74, 6) is 0.204. The number of nitrogens with two attached hydrogens (primary N) is 1. The summed E-state index contributed by atoms with van der Waals surface area (Å²) in [5.41, 5.74) is 9.12. The number of aryl methyl sites for hydroxylation is 2. The number of nitrogens with one attached hydrogen (secondary N) is 1. The number of hydrogen-bond donors (Lipinski definition) is 2. The molecule has 1 aliphatic carbocycles. The van der Waals surface area contributed by atoms with E-state index in [-0.39, 0.29) is 30.3 Å². The van der Waals surface area contributed by atoms with Crippen LogP contribution >= 0.6 is 12.4 Å². The molecule has 106 valence electrons. The van der Waals surface area contributed by atoms with Crippen molar-refractivity contribution >= 4 is 24.0 Å². The van der Waals surface area contributed by atoms with E-state index in [4.69, 9.17) is 5.73 Å². The van der Waals surface area contributed by atoms with Crippen LogP contribution in [0.25, 0.3) is 0 Å². The van der Waals surface area contributed by atoms with E-state index in [1.54, 1.807) is 0 Å². The zero-order valence-corrected chi connectivity index (χ0v) is 12.4. The molecule has 0 aromatic heterocycles. The smallest absolute Gasteiger partial charge is 0.227 e. The molecule has 4 heteroatoms. The van der Waals surface area contributed by atoms with E-state index in [2.05, 4.69) is 5.32 Å². The highest BCUT2D eigenvalue weighted by atomic mass is 35.5. The van der Waals surface area contributed by atoms with Crippen molar-refractivity contribution in [3.05, 3.63) is 29.3 Å². The standard InChI is InChI=1S/C15H22N2O.ClH/c1-10-5-3-6-11(2)14(10)17-15(18)12-7-4-8-13(16)9-12;/h3,5-6,12-13H,4,7-9,16H2,1-2H3,(H,17,18);1H. The van der Waals surface area contributed by atoms with Crippen LogP contribution in [-0.4, -0.2) is 11.9 Å². The Labute approximate surface area is 121 Å². The van der Waals surface area contributed by atoms with Crippen molar-refractivity contribution in [2.45, 2.75) is 45.6 Å². The first-order valence-electron chi connectivity index (χ1n) is 6.70. The van der Waals surface area contributed by atoms with E-state index in [1.807, 2.05) is 32.0 Å². The first-order chi connectivity index (χ1) is 8.58. The predicted octanol–water partition coefficient (Wildman–Crippen LogP) is 3.18. The van der Waals surface area contributed by atoms with Crippen molar-refractivity contribution in [2.24, 2.45) is 11.7 Å². The van der Waals surface area contributed by atoms with Gasteiger partial charge in [-0.25, -0.2) is 0 Å². The molecule has 3 N–H and O–H groups in total. The van der Waals surface area contributed by atoms with Crippen molar-refractivity contribution in [1.82, 2.24) is 0 Å². The molecule has 0 heterocycles. The van der Waals surface area contributed by atoms with E-state index in [0.717, 1.165) is 42.5 Å². The third-order valence-electron chi connectivity index (χ3n) is 3.81. The van der Waals surface area contributed by atoms with Gasteiger partial charge in [-0.2, -0.15) is 0 Å². The molecule has 1 aliphatic rings. The fourth-order valence-corrected chi connectivity index (χ4v) is 2.70. The fourth-order valence-electron chi connectivity index (χ4n) is 2.70. The van der Waals surface area contributed by atoms with Gasteiger partial charge in [0.1, 0.15) is 0 Å². The monoisotopic (exact) mass is 282 g/mol. The van der Waals surface area contributed by atoms with Crippen LogP contribution in [0.4, 0.5) is 5.69 Å². The number of amides is 1. The van der Waals surface area contributed by atoms with E-state index in [1.165, 1.54) is 0 Å². The Morgan fingerprint density at radius 2 is 1.89 bits per heavy atom. The number of hydrogen-bond acceptors (Lipinski definition) is 2. The minimum absolute atomic E-state index is 0. The van der Waals surface area contributed by atoms with Crippen molar-refractivity contribution < 1.29 is 4.79 Å². The first-order valence-corrected chi connectivity index (χ1v) is 6.70. The third kappa shape index (κ3) is 3.95. The van der Waals surface area contributed by atoms with Gasteiger partial charge in [-0.1, -0.05) is 24.6 Å². The van der Waals surface area contributed by atoms with E-state index >= 15 is 0 Å². The average molecular weight is 283 g/mol. The Hall–Kier alpha value is -1.06. The van der Waals surface area contributed by atoms with Gasteiger partial charge in [0.2, 0.25) is 5.91 Å². The maximum Gasteiger partial charge on any atom is 0.227 e. The molecule has 0 spiro atoms. The Bertz CT molecular complexity index is 428. The lowest BCUT2D eigenvalue weighted by atomic mass is 9.85. The quantitative estimate of drug-likeness (QED) is 0.875. The van der Waals surface area contributed by atoms with Gasteiger partial charge < -0.3 is 11.1 Å². The summed E-state index contributed by atoms with van der Waals surface area (Å²) in [7, 11) is 0. The molecule has 1 saturated carbocycles. The largest absolute Gasteiger partial charge is 0.328 e. The van der Waals surface area contributed by atoms with Gasteiger partial charge in [-0.3, -0.25) is 4.79 Å². The zero-order valence-electron chi connectivity index (χ0n) is 11.6. The lowest BCUT2D eigenvalue weighted by Crippen LogP contribution is -2.34. The molecule has 0 radical (unpaired) electrons. The second-order valence-corrected chi connectivity index (χ2v) is 5.38. The van der Waals surface area contributed by atoms with Crippen LogP contribution in [0.2, 0.25) is 0 Å². The molecule has 1 amide bonds. The van der Waals surface area contributed by atoms with Gasteiger partial charge in [0.25, 0.3) is 0 Å². The summed E-state index contributed by atoms with van der Waals surface area (Å²) in [6.45, 7) is 4.05. The van der Waals surface area contributed by atoms with Gasteiger partial charge in [0.05, 0.1) is 0 Å². The first kappa shape index (κ1) is 16.0. The minimum Gasteiger partial charge on any atom is -0.328 e. The number of rotatable bonds is 2. The number of carbonyl (C=O) groups is 1. The highest BCUT2D eigenvalue weighted by Gasteiger charge is 2.25. The summed E-state index contributed by atoms with van der Waals surface area (Å²) in [6.07, 6.45) is 3.89. The molecule has 3 nitrogen and oxygen atoms in total. The van der Waals surface area contributed by atoms with Gasteiger partial charge in [0.15, 0.2) is 0 Å². The summed E-state index contributed by atoms with van der Waals surface area (Å²) in [4.78, 5) is 12.3. The average Bonchev–Trinajstić information content (AvgIpc) is 2.34. The molecule has 2 atom stereocenters. The maximum absolute atomic E-state index is 12.3. The topological polar surface area (TPSA) is 55.1 Å². The van der Waals surface area contributed by atoms with E-state index in [9.17, 15) is 4.79 Å². The number of anilines is 1. The molecule has 2 unspecified atom stereocenters. The minimum atomic E-state index is 0. The van der Waals surface area contributed by atoms with Crippen molar-refractivity contribution in [3.8, 4) is 0 Å². The summed E-state index contributed by atoms with van der Waals surface area (Å²) < 4.78 is 0. The molecule has 1 aromatic carbocycles. The molecule has 0 aliphatic heterocycles. The molecular formula is C15H23ClN2O. The predicted molar refractivity (Wildman–Crippen MR) is 81.7 cm³/mol. The number of carbonyl (C=O) groups excluding carboxylic acids is 1. The van der Waals surface area contributed by atoms with Crippen LogP contribution < -0.4 is 11.1 Å². The van der Waals surface area contributed by atoms with Crippen molar-refractivity contribution in [2.75, 3.05) is 5.32 Å². The van der Waals surface area contributed by atoms with Crippen LogP contribution in [-0.2, 0) is 4.79 Å². The summed E-state index contributed by atoms with van der Waals surface area (Å²) in [6, 6.07) is 6.24.